The third-order valence-corrected chi connectivity index (χ3v) is 2.81. The van der Waals surface area contributed by atoms with Crippen LogP contribution in [0.2, 0.25) is 0 Å². The number of hydrogen-bond acceptors (Lipinski definition) is 4. The van der Waals surface area contributed by atoms with Crippen LogP contribution in [0.5, 0.6) is 0 Å². The van der Waals surface area contributed by atoms with Gasteiger partial charge in [0.2, 0.25) is 5.91 Å². The van der Waals surface area contributed by atoms with Crippen molar-refractivity contribution in [2.24, 2.45) is 0 Å². The Kier molecular flexibility index (Phi) is 4.92. The molecule has 0 bridgehead atoms. The van der Waals surface area contributed by atoms with Crippen LogP contribution < -0.4 is 16.0 Å². The van der Waals surface area contributed by atoms with Crippen LogP contribution in [-0.4, -0.2) is 31.3 Å². The Morgan fingerprint density at radius 1 is 1.05 bits per heavy atom. The molecule has 7 heteroatoms. The van der Waals surface area contributed by atoms with E-state index < -0.39 is 5.91 Å². The Hall–Kier alpha value is -3.09. The summed E-state index contributed by atoms with van der Waals surface area (Å²) in [5.74, 6) is -0.908. The topological polar surface area (TPSA) is 100 Å². The Morgan fingerprint density at radius 3 is 2.36 bits per heavy atom. The summed E-state index contributed by atoms with van der Waals surface area (Å²) in [6, 6.07) is 9.49. The second kappa shape index (κ2) is 7.07. The minimum Gasteiger partial charge on any atom is -0.459 e. The van der Waals surface area contributed by atoms with E-state index in [0.717, 1.165) is 0 Å². The van der Waals surface area contributed by atoms with E-state index in [9.17, 15) is 14.4 Å². The molecule has 0 saturated carbocycles. The molecule has 1 heterocycles. The maximum Gasteiger partial charge on any atom is 0.287 e. The first-order valence-corrected chi connectivity index (χ1v) is 6.54. The number of benzene rings is 1. The van der Waals surface area contributed by atoms with Crippen molar-refractivity contribution in [3.05, 3.63) is 54.0 Å². The minimum absolute atomic E-state index is 0.141. The summed E-state index contributed by atoms with van der Waals surface area (Å²) in [5, 5.41) is 7.55. The Balaban J connectivity index is 1.84. The molecule has 0 unspecified atom stereocenters. The highest BCUT2D eigenvalue weighted by Gasteiger charge is 2.10. The minimum atomic E-state index is -0.463. The van der Waals surface area contributed by atoms with Gasteiger partial charge in [0.05, 0.1) is 12.8 Å². The third-order valence-electron chi connectivity index (χ3n) is 2.81. The number of rotatable bonds is 5. The molecule has 114 valence electrons. The van der Waals surface area contributed by atoms with E-state index in [-0.39, 0.29) is 24.1 Å². The molecule has 22 heavy (non-hydrogen) atoms. The number of anilines is 1. The van der Waals surface area contributed by atoms with Crippen LogP contribution in [0, 0.1) is 0 Å². The molecule has 2 rings (SSSR count). The standard InChI is InChI=1S/C15H15N3O4/c1-16-14(20)10-4-6-11(7-5-10)18-13(19)9-17-15(21)12-3-2-8-22-12/h2-8H,9H2,1H3,(H,16,20)(H,17,21)(H,18,19). The first-order valence-electron chi connectivity index (χ1n) is 6.54. The lowest BCUT2D eigenvalue weighted by Crippen LogP contribution is -2.32. The summed E-state index contributed by atoms with van der Waals surface area (Å²) < 4.78 is 4.91. The van der Waals surface area contributed by atoms with E-state index in [1.165, 1.54) is 12.3 Å². The highest BCUT2D eigenvalue weighted by atomic mass is 16.3. The molecule has 0 aliphatic heterocycles. The molecule has 0 fully saturated rings. The smallest absolute Gasteiger partial charge is 0.287 e. The highest BCUT2D eigenvalue weighted by molar-refractivity contribution is 5.98. The van der Waals surface area contributed by atoms with Gasteiger partial charge in [0.25, 0.3) is 11.8 Å². The monoisotopic (exact) mass is 301 g/mol. The average Bonchev–Trinajstić information content (AvgIpc) is 3.07. The third kappa shape index (κ3) is 3.95. The van der Waals surface area contributed by atoms with E-state index >= 15 is 0 Å². The van der Waals surface area contributed by atoms with Crippen LogP contribution in [-0.2, 0) is 4.79 Å². The predicted molar refractivity (Wildman–Crippen MR) is 79.5 cm³/mol. The van der Waals surface area contributed by atoms with Crippen molar-refractivity contribution in [2.45, 2.75) is 0 Å². The van der Waals surface area contributed by atoms with Gasteiger partial charge in [0, 0.05) is 18.3 Å². The van der Waals surface area contributed by atoms with Gasteiger partial charge in [0.1, 0.15) is 0 Å². The number of carbonyl (C=O) groups is 3. The van der Waals surface area contributed by atoms with Crippen molar-refractivity contribution in [3.8, 4) is 0 Å². The summed E-state index contributed by atoms with van der Waals surface area (Å²) in [6.07, 6.45) is 1.38. The number of nitrogens with one attached hydrogen (secondary N) is 3. The molecule has 3 N–H and O–H groups in total. The number of amides is 3. The molecule has 2 aromatic rings. The zero-order chi connectivity index (χ0) is 15.9. The second-order valence-corrected chi connectivity index (χ2v) is 4.36. The van der Waals surface area contributed by atoms with Gasteiger partial charge >= 0.3 is 0 Å². The number of hydrogen-bond donors (Lipinski definition) is 3. The molecule has 0 atom stereocenters. The molecule has 1 aromatic carbocycles. The average molecular weight is 301 g/mol. The van der Waals surface area contributed by atoms with E-state index in [1.807, 2.05) is 0 Å². The van der Waals surface area contributed by atoms with Gasteiger partial charge in [0.15, 0.2) is 5.76 Å². The Morgan fingerprint density at radius 2 is 1.77 bits per heavy atom. The molecule has 0 saturated heterocycles. The summed E-state index contributed by atoms with van der Waals surface area (Å²) >= 11 is 0. The lowest BCUT2D eigenvalue weighted by atomic mass is 10.2. The van der Waals surface area contributed by atoms with Crippen molar-refractivity contribution in [2.75, 3.05) is 18.9 Å². The van der Waals surface area contributed by atoms with Gasteiger partial charge in [-0.25, -0.2) is 0 Å². The maximum absolute atomic E-state index is 11.7. The summed E-state index contributed by atoms with van der Waals surface area (Å²) in [6.45, 7) is -0.184. The van der Waals surface area contributed by atoms with Crippen LogP contribution in [0.4, 0.5) is 5.69 Å². The fourth-order valence-corrected chi connectivity index (χ4v) is 1.71. The molecule has 0 spiro atoms. The lowest BCUT2D eigenvalue weighted by Gasteiger charge is -2.07. The zero-order valence-corrected chi connectivity index (χ0v) is 11.9. The normalized spacial score (nSPS) is 9.86. The van der Waals surface area contributed by atoms with Gasteiger partial charge in [-0.15, -0.1) is 0 Å². The quantitative estimate of drug-likeness (QED) is 0.767. The van der Waals surface area contributed by atoms with Gasteiger partial charge in [-0.05, 0) is 36.4 Å². The first-order chi connectivity index (χ1) is 10.6. The molecule has 0 aliphatic rings. The van der Waals surface area contributed by atoms with Crippen molar-refractivity contribution < 1.29 is 18.8 Å². The van der Waals surface area contributed by atoms with Crippen LogP contribution in [0.25, 0.3) is 0 Å². The van der Waals surface area contributed by atoms with Gasteiger partial charge in [-0.2, -0.15) is 0 Å². The maximum atomic E-state index is 11.7. The molecule has 3 amide bonds. The SMILES string of the molecule is CNC(=O)c1ccc(NC(=O)CNC(=O)c2ccco2)cc1. The van der Waals surface area contributed by atoms with Crippen molar-refractivity contribution >= 4 is 23.4 Å². The molecular formula is C15H15N3O4. The van der Waals surface area contributed by atoms with Crippen LogP contribution in [0.3, 0.4) is 0 Å². The van der Waals surface area contributed by atoms with E-state index in [4.69, 9.17) is 4.42 Å². The Labute approximate surface area is 126 Å². The molecule has 0 radical (unpaired) electrons. The highest BCUT2D eigenvalue weighted by Crippen LogP contribution is 2.09. The predicted octanol–water partition coefficient (Wildman–Crippen LogP) is 1.01. The van der Waals surface area contributed by atoms with E-state index in [1.54, 1.807) is 37.4 Å². The van der Waals surface area contributed by atoms with Crippen molar-refractivity contribution in [1.82, 2.24) is 10.6 Å². The lowest BCUT2D eigenvalue weighted by molar-refractivity contribution is -0.115. The molecule has 1 aromatic heterocycles. The first kappa shape index (κ1) is 15.3. The van der Waals surface area contributed by atoms with Gasteiger partial charge < -0.3 is 20.4 Å². The van der Waals surface area contributed by atoms with Crippen molar-refractivity contribution in [3.63, 3.8) is 0 Å². The van der Waals surface area contributed by atoms with E-state index in [0.29, 0.717) is 11.3 Å². The molecule has 0 aliphatic carbocycles. The fourth-order valence-electron chi connectivity index (χ4n) is 1.71. The van der Waals surface area contributed by atoms with Crippen LogP contribution in [0.15, 0.2) is 47.1 Å². The fraction of sp³-hybridized carbons (Fsp3) is 0.133. The van der Waals surface area contributed by atoms with Crippen LogP contribution in [0.1, 0.15) is 20.9 Å². The number of carbonyl (C=O) groups excluding carboxylic acids is 3. The molecular weight excluding hydrogens is 286 g/mol. The summed E-state index contributed by atoms with van der Waals surface area (Å²) in [5.41, 5.74) is 1.02. The Bertz CT molecular complexity index is 663. The largest absolute Gasteiger partial charge is 0.459 e. The van der Waals surface area contributed by atoms with E-state index in [2.05, 4.69) is 16.0 Å². The molecule has 7 nitrogen and oxygen atoms in total. The summed E-state index contributed by atoms with van der Waals surface area (Å²) in [4.78, 5) is 34.7. The van der Waals surface area contributed by atoms with Gasteiger partial charge in [-0.3, -0.25) is 14.4 Å². The zero-order valence-electron chi connectivity index (χ0n) is 11.9. The van der Waals surface area contributed by atoms with Gasteiger partial charge in [-0.1, -0.05) is 0 Å². The second-order valence-electron chi connectivity index (χ2n) is 4.36. The number of furan rings is 1. The van der Waals surface area contributed by atoms with Crippen LogP contribution >= 0.6 is 0 Å². The summed E-state index contributed by atoms with van der Waals surface area (Å²) in [7, 11) is 1.54. The van der Waals surface area contributed by atoms with Crippen molar-refractivity contribution in [1.29, 1.82) is 0 Å².